The van der Waals surface area contributed by atoms with E-state index in [4.69, 9.17) is 14.5 Å². The highest BCUT2D eigenvalue weighted by molar-refractivity contribution is 6.06. The van der Waals surface area contributed by atoms with E-state index in [1.54, 1.807) is 12.3 Å². The zero-order chi connectivity index (χ0) is 21.4. The number of benzene rings is 1. The molecule has 2 aliphatic heterocycles. The lowest BCUT2D eigenvalue weighted by Crippen LogP contribution is -2.44. The van der Waals surface area contributed by atoms with Crippen molar-refractivity contribution < 1.29 is 13.9 Å². The van der Waals surface area contributed by atoms with E-state index in [0.717, 1.165) is 49.9 Å². The first-order valence-corrected chi connectivity index (χ1v) is 10.8. The van der Waals surface area contributed by atoms with Crippen LogP contribution in [0.3, 0.4) is 0 Å². The van der Waals surface area contributed by atoms with Crippen molar-refractivity contribution in [1.29, 1.82) is 0 Å². The van der Waals surface area contributed by atoms with Gasteiger partial charge in [0.2, 0.25) is 11.8 Å². The first kappa shape index (κ1) is 20.1. The van der Waals surface area contributed by atoms with Crippen molar-refractivity contribution in [2.75, 3.05) is 58.4 Å². The van der Waals surface area contributed by atoms with Crippen LogP contribution in [0.2, 0.25) is 0 Å². The Morgan fingerprint density at radius 2 is 2.00 bits per heavy atom. The largest absolute Gasteiger partial charge is 0.494 e. The molecule has 4 heterocycles. The number of likely N-dealkylation sites (tertiary alicyclic amines) is 1. The minimum atomic E-state index is -0.459. The van der Waals surface area contributed by atoms with Gasteiger partial charge in [-0.1, -0.05) is 0 Å². The molecule has 1 atom stereocenters. The maximum Gasteiger partial charge on any atom is 0.225 e. The molecular formula is C22H27FN6O2. The number of pyridine rings is 1. The second-order valence-electron chi connectivity index (χ2n) is 8.18. The van der Waals surface area contributed by atoms with Crippen molar-refractivity contribution >= 4 is 27.8 Å². The zero-order valence-electron chi connectivity index (χ0n) is 17.9. The molecule has 2 aliphatic rings. The highest BCUT2D eigenvalue weighted by Crippen LogP contribution is 2.34. The van der Waals surface area contributed by atoms with Crippen LogP contribution < -0.4 is 19.7 Å². The molecule has 2 saturated heterocycles. The third kappa shape index (κ3) is 3.83. The lowest BCUT2D eigenvalue weighted by Gasteiger charge is -2.27. The van der Waals surface area contributed by atoms with E-state index in [9.17, 15) is 4.39 Å². The standard InChI is InChI=1S/C22H27FN6O2/c1-28-7-3-4-14(28)13-31-21-16-12-25-22(29-8-5-24-6-9-29)27-20(16)15-10-19(30-2)17(23)11-18(15)26-21/h10-12,14,24H,3-9,13H2,1-2H3. The van der Waals surface area contributed by atoms with Gasteiger partial charge in [0, 0.05) is 49.9 Å². The molecule has 0 aliphatic carbocycles. The van der Waals surface area contributed by atoms with Gasteiger partial charge in [-0.15, -0.1) is 0 Å². The number of methoxy groups -OCH3 is 1. The summed E-state index contributed by atoms with van der Waals surface area (Å²) >= 11 is 0. The van der Waals surface area contributed by atoms with Crippen LogP contribution in [0, 0.1) is 5.82 Å². The van der Waals surface area contributed by atoms with Crippen LogP contribution in [0.5, 0.6) is 11.6 Å². The van der Waals surface area contributed by atoms with E-state index < -0.39 is 5.82 Å². The van der Waals surface area contributed by atoms with Gasteiger partial charge < -0.3 is 24.6 Å². The number of piperazine rings is 1. The minimum Gasteiger partial charge on any atom is -0.494 e. The average molecular weight is 426 g/mol. The van der Waals surface area contributed by atoms with Gasteiger partial charge in [-0.3, -0.25) is 0 Å². The van der Waals surface area contributed by atoms with Gasteiger partial charge in [0.1, 0.15) is 6.61 Å². The van der Waals surface area contributed by atoms with Crippen LogP contribution in [0.25, 0.3) is 21.8 Å². The fourth-order valence-electron chi connectivity index (χ4n) is 4.38. The summed E-state index contributed by atoms with van der Waals surface area (Å²) in [6, 6.07) is 3.39. The maximum atomic E-state index is 14.4. The maximum absolute atomic E-state index is 14.4. The molecule has 2 aromatic heterocycles. The molecule has 0 saturated carbocycles. The highest BCUT2D eigenvalue weighted by atomic mass is 19.1. The van der Waals surface area contributed by atoms with E-state index in [1.165, 1.54) is 19.6 Å². The third-order valence-corrected chi connectivity index (χ3v) is 6.24. The Hall–Kier alpha value is -2.78. The first-order valence-electron chi connectivity index (χ1n) is 10.8. The zero-order valence-corrected chi connectivity index (χ0v) is 17.9. The molecule has 8 nitrogen and oxygen atoms in total. The summed E-state index contributed by atoms with van der Waals surface area (Å²) in [5, 5.41) is 4.78. The van der Waals surface area contributed by atoms with E-state index in [0.29, 0.717) is 35.5 Å². The fourth-order valence-corrected chi connectivity index (χ4v) is 4.38. The summed E-state index contributed by atoms with van der Waals surface area (Å²) in [6.07, 6.45) is 4.03. The lowest BCUT2D eigenvalue weighted by molar-refractivity contribution is 0.195. The summed E-state index contributed by atoms with van der Waals surface area (Å²) in [6.45, 7) is 5.06. The number of halogens is 1. The number of anilines is 1. The molecule has 5 rings (SSSR count). The number of nitrogens with one attached hydrogen (secondary N) is 1. The normalized spacial score (nSPS) is 20.0. The van der Waals surface area contributed by atoms with Crippen molar-refractivity contribution in [2.45, 2.75) is 18.9 Å². The second kappa shape index (κ2) is 8.39. The van der Waals surface area contributed by atoms with Crippen LogP contribution >= 0.6 is 0 Å². The van der Waals surface area contributed by atoms with Gasteiger partial charge in [0.25, 0.3) is 0 Å². The Labute approximate surface area is 180 Å². The highest BCUT2D eigenvalue weighted by Gasteiger charge is 2.23. The average Bonchev–Trinajstić information content (AvgIpc) is 3.22. The number of rotatable bonds is 5. The van der Waals surface area contributed by atoms with Gasteiger partial charge in [-0.25, -0.2) is 19.3 Å². The van der Waals surface area contributed by atoms with E-state index in [-0.39, 0.29) is 5.75 Å². The fraction of sp³-hybridized carbons (Fsp3) is 0.500. The summed E-state index contributed by atoms with van der Waals surface area (Å²) in [7, 11) is 3.56. The first-order chi connectivity index (χ1) is 15.1. The predicted molar refractivity (Wildman–Crippen MR) is 118 cm³/mol. The van der Waals surface area contributed by atoms with Crippen molar-refractivity contribution in [3.05, 3.63) is 24.1 Å². The molecule has 164 valence electrons. The number of likely N-dealkylation sites (N-methyl/N-ethyl adjacent to an activating group) is 1. The van der Waals surface area contributed by atoms with Crippen molar-refractivity contribution in [3.8, 4) is 11.6 Å². The van der Waals surface area contributed by atoms with Crippen LogP contribution in [0.15, 0.2) is 18.3 Å². The summed E-state index contributed by atoms with van der Waals surface area (Å²) in [5.74, 6) is 0.810. The quantitative estimate of drug-likeness (QED) is 0.623. The number of fused-ring (bicyclic) bond motifs is 3. The molecule has 1 N–H and O–H groups in total. The van der Waals surface area contributed by atoms with Crippen molar-refractivity contribution in [2.24, 2.45) is 0 Å². The SMILES string of the molecule is COc1cc2c(cc1F)nc(OCC1CCCN1C)c1cnc(N3CCNCC3)nc12. The molecule has 0 spiro atoms. The summed E-state index contributed by atoms with van der Waals surface area (Å²) < 4.78 is 25.8. The molecule has 9 heteroatoms. The smallest absolute Gasteiger partial charge is 0.225 e. The Balaban J connectivity index is 1.61. The van der Waals surface area contributed by atoms with E-state index in [1.807, 2.05) is 0 Å². The van der Waals surface area contributed by atoms with Crippen molar-refractivity contribution in [3.63, 3.8) is 0 Å². The molecule has 0 bridgehead atoms. The Bertz CT molecular complexity index is 1100. The number of aromatic nitrogens is 3. The monoisotopic (exact) mass is 426 g/mol. The van der Waals surface area contributed by atoms with Gasteiger partial charge in [0.05, 0.1) is 23.5 Å². The number of hydrogen-bond donors (Lipinski definition) is 1. The van der Waals surface area contributed by atoms with Crippen LogP contribution in [0.4, 0.5) is 10.3 Å². The van der Waals surface area contributed by atoms with E-state index >= 15 is 0 Å². The van der Waals surface area contributed by atoms with Gasteiger partial charge in [0.15, 0.2) is 11.6 Å². The molecule has 3 aromatic rings. The van der Waals surface area contributed by atoms with Gasteiger partial charge >= 0.3 is 0 Å². The summed E-state index contributed by atoms with van der Waals surface area (Å²) in [4.78, 5) is 18.5. The molecule has 1 aromatic carbocycles. The Kier molecular flexibility index (Phi) is 5.45. The van der Waals surface area contributed by atoms with Crippen LogP contribution in [-0.2, 0) is 0 Å². The van der Waals surface area contributed by atoms with Crippen molar-refractivity contribution in [1.82, 2.24) is 25.2 Å². The molecule has 0 radical (unpaired) electrons. The topological polar surface area (TPSA) is 75.6 Å². The Morgan fingerprint density at radius 3 is 2.74 bits per heavy atom. The third-order valence-electron chi connectivity index (χ3n) is 6.24. The number of ether oxygens (including phenoxy) is 2. The van der Waals surface area contributed by atoms with Gasteiger partial charge in [-0.2, -0.15) is 0 Å². The molecule has 1 unspecified atom stereocenters. The Morgan fingerprint density at radius 1 is 1.16 bits per heavy atom. The van der Waals surface area contributed by atoms with Gasteiger partial charge in [-0.05, 0) is 32.5 Å². The number of hydrogen-bond acceptors (Lipinski definition) is 8. The minimum absolute atomic E-state index is 0.166. The molecular weight excluding hydrogens is 399 g/mol. The second-order valence-corrected chi connectivity index (χ2v) is 8.18. The predicted octanol–water partition coefficient (Wildman–Crippen LogP) is 2.21. The van der Waals surface area contributed by atoms with E-state index in [2.05, 4.69) is 32.1 Å². The molecule has 2 fully saturated rings. The number of nitrogens with zero attached hydrogens (tertiary/aromatic N) is 5. The van der Waals surface area contributed by atoms with Crippen LogP contribution in [-0.4, -0.2) is 79.4 Å². The lowest BCUT2D eigenvalue weighted by atomic mass is 10.1. The van der Waals surface area contributed by atoms with Crippen LogP contribution in [0.1, 0.15) is 12.8 Å². The molecule has 0 amide bonds. The summed E-state index contributed by atoms with van der Waals surface area (Å²) in [5.41, 5.74) is 1.19. The molecule has 31 heavy (non-hydrogen) atoms.